The van der Waals surface area contributed by atoms with E-state index < -0.39 is 0 Å². The summed E-state index contributed by atoms with van der Waals surface area (Å²) in [4.78, 5) is 28.3. The van der Waals surface area contributed by atoms with E-state index in [0.717, 1.165) is 19.4 Å². The Morgan fingerprint density at radius 2 is 2.06 bits per heavy atom. The third kappa shape index (κ3) is 1.96. The van der Waals surface area contributed by atoms with Crippen LogP contribution in [-0.2, 0) is 0 Å². The van der Waals surface area contributed by atoms with E-state index in [2.05, 4.69) is 4.98 Å². The molecule has 1 saturated heterocycles. The van der Waals surface area contributed by atoms with Gasteiger partial charge in [0, 0.05) is 18.7 Å². The summed E-state index contributed by atoms with van der Waals surface area (Å²) in [5, 5.41) is 0. The molecule has 1 aliphatic heterocycles. The number of amides is 1. The Bertz CT molecular complexity index is 509. The summed E-state index contributed by atoms with van der Waals surface area (Å²) in [6, 6.07) is 5.17. The number of hydrogen-bond acceptors (Lipinski definition) is 2. The van der Waals surface area contributed by atoms with E-state index in [4.69, 9.17) is 0 Å². The zero-order chi connectivity index (χ0) is 12.5. The second kappa shape index (κ2) is 4.59. The lowest BCUT2D eigenvalue weighted by molar-refractivity contribution is 0.0684. The van der Waals surface area contributed by atoms with Gasteiger partial charge in [0.25, 0.3) is 5.91 Å². The monoisotopic (exact) mass is 246 g/mol. The van der Waals surface area contributed by atoms with E-state index in [1.165, 1.54) is 25.3 Å². The maximum Gasteiger partial charge on any atom is 0.270 e. The highest BCUT2D eigenvalue weighted by atomic mass is 16.2. The van der Waals surface area contributed by atoms with Crippen molar-refractivity contribution in [3.05, 3.63) is 34.2 Å². The highest BCUT2D eigenvalue weighted by Crippen LogP contribution is 2.36. The second-order valence-electron chi connectivity index (χ2n) is 5.33. The Hall–Kier alpha value is -1.58. The first-order valence-electron chi connectivity index (χ1n) is 6.76. The molecule has 0 aromatic carbocycles. The smallest absolute Gasteiger partial charge is 0.270 e. The summed E-state index contributed by atoms with van der Waals surface area (Å²) >= 11 is 0. The van der Waals surface area contributed by atoms with Crippen molar-refractivity contribution in [2.45, 2.75) is 38.1 Å². The van der Waals surface area contributed by atoms with Crippen molar-refractivity contribution in [3.8, 4) is 0 Å². The van der Waals surface area contributed by atoms with Gasteiger partial charge in [0.2, 0.25) is 5.56 Å². The lowest BCUT2D eigenvalue weighted by atomic mass is 9.85. The molecule has 2 unspecified atom stereocenters. The molecule has 1 aromatic heterocycles. The number of fused-ring (bicyclic) bond motifs is 1. The Morgan fingerprint density at radius 1 is 1.22 bits per heavy atom. The quantitative estimate of drug-likeness (QED) is 0.821. The number of pyridine rings is 1. The zero-order valence-electron chi connectivity index (χ0n) is 10.4. The lowest BCUT2D eigenvalue weighted by Crippen LogP contribution is -2.40. The number of hydrogen-bond donors (Lipinski definition) is 1. The predicted molar refractivity (Wildman–Crippen MR) is 68.5 cm³/mol. The molecule has 1 N–H and O–H groups in total. The molecule has 4 nitrogen and oxygen atoms in total. The summed E-state index contributed by atoms with van der Waals surface area (Å²) in [7, 11) is 0. The Labute approximate surface area is 106 Å². The minimum Gasteiger partial charge on any atom is -0.334 e. The molecule has 2 fully saturated rings. The first-order valence-corrected chi connectivity index (χ1v) is 6.76. The van der Waals surface area contributed by atoms with Crippen molar-refractivity contribution in [1.82, 2.24) is 9.88 Å². The fraction of sp³-hybridized carbons (Fsp3) is 0.571. The fourth-order valence-corrected chi connectivity index (χ4v) is 3.39. The molecule has 2 heterocycles. The number of nitrogens with zero attached hydrogens (tertiary/aromatic N) is 1. The standard InChI is InChI=1S/C14H18N2O2/c17-13-7-3-5-11(15-13)14(18)16-9-8-10-4-1-2-6-12(10)16/h3,5,7,10,12H,1-2,4,6,8-9H2,(H,15,17). The van der Waals surface area contributed by atoms with Gasteiger partial charge in [-0.25, -0.2) is 0 Å². The summed E-state index contributed by atoms with van der Waals surface area (Å²) in [6.45, 7) is 0.838. The number of aromatic amines is 1. The summed E-state index contributed by atoms with van der Waals surface area (Å²) in [6.07, 6.45) is 6.00. The van der Waals surface area contributed by atoms with Crippen molar-refractivity contribution in [2.75, 3.05) is 6.54 Å². The molecular weight excluding hydrogens is 228 g/mol. The van der Waals surface area contributed by atoms with Crippen molar-refractivity contribution in [1.29, 1.82) is 0 Å². The topological polar surface area (TPSA) is 53.2 Å². The SMILES string of the molecule is O=C(c1cccc(=O)[nH]1)N1CCC2CCCCC21. The number of likely N-dealkylation sites (tertiary alicyclic amines) is 1. The van der Waals surface area contributed by atoms with Gasteiger partial charge in [-0.2, -0.15) is 0 Å². The van der Waals surface area contributed by atoms with Crippen LogP contribution in [0.1, 0.15) is 42.6 Å². The van der Waals surface area contributed by atoms with Gasteiger partial charge >= 0.3 is 0 Å². The van der Waals surface area contributed by atoms with Gasteiger partial charge in [0.05, 0.1) is 0 Å². The van der Waals surface area contributed by atoms with Gasteiger partial charge in [-0.15, -0.1) is 0 Å². The van der Waals surface area contributed by atoms with Crippen LogP contribution in [0.5, 0.6) is 0 Å². The maximum atomic E-state index is 12.4. The van der Waals surface area contributed by atoms with E-state index in [-0.39, 0.29) is 11.5 Å². The Balaban J connectivity index is 1.82. The van der Waals surface area contributed by atoms with E-state index in [1.54, 1.807) is 12.1 Å². The molecule has 1 aromatic rings. The van der Waals surface area contributed by atoms with Crippen molar-refractivity contribution >= 4 is 5.91 Å². The number of rotatable bonds is 1. The third-order valence-corrected chi connectivity index (χ3v) is 4.27. The Morgan fingerprint density at radius 3 is 2.89 bits per heavy atom. The van der Waals surface area contributed by atoms with Crippen LogP contribution in [0.3, 0.4) is 0 Å². The summed E-state index contributed by atoms with van der Waals surface area (Å²) in [5.41, 5.74) is 0.217. The first-order chi connectivity index (χ1) is 8.75. The molecule has 0 bridgehead atoms. The highest BCUT2D eigenvalue weighted by molar-refractivity contribution is 5.92. The molecule has 0 spiro atoms. The van der Waals surface area contributed by atoms with Gasteiger partial charge in [-0.1, -0.05) is 18.9 Å². The Kier molecular flexibility index (Phi) is 2.94. The van der Waals surface area contributed by atoms with Crippen molar-refractivity contribution in [2.24, 2.45) is 5.92 Å². The largest absolute Gasteiger partial charge is 0.334 e. The molecule has 1 aliphatic carbocycles. The highest BCUT2D eigenvalue weighted by Gasteiger charge is 2.38. The van der Waals surface area contributed by atoms with Crippen LogP contribution in [0.25, 0.3) is 0 Å². The molecule has 3 rings (SSSR count). The number of carbonyl (C=O) groups is 1. The first kappa shape index (κ1) is 11.5. The number of aromatic nitrogens is 1. The van der Waals surface area contributed by atoms with Gasteiger partial charge in [0.1, 0.15) is 5.69 Å². The minimum atomic E-state index is -0.208. The predicted octanol–water partition coefficient (Wildman–Crippen LogP) is 1.78. The molecule has 0 radical (unpaired) electrons. The number of H-pyrrole nitrogens is 1. The molecule has 2 atom stereocenters. The third-order valence-electron chi connectivity index (χ3n) is 4.27. The van der Waals surface area contributed by atoms with E-state index in [1.807, 2.05) is 4.90 Å². The second-order valence-corrected chi connectivity index (χ2v) is 5.33. The van der Waals surface area contributed by atoms with E-state index in [0.29, 0.717) is 17.7 Å². The fourth-order valence-electron chi connectivity index (χ4n) is 3.39. The van der Waals surface area contributed by atoms with Gasteiger partial charge in [-0.3, -0.25) is 9.59 Å². The van der Waals surface area contributed by atoms with Crippen molar-refractivity contribution in [3.63, 3.8) is 0 Å². The minimum absolute atomic E-state index is 0.0119. The molecule has 1 saturated carbocycles. The van der Waals surface area contributed by atoms with Crippen LogP contribution in [0.15, 0.2) is 23.0 Å². The molecular formula is C14H18N2O2. The van der Waals surface area contributed by atoms with Crippen LogP contribution in [0, 0.1) is 5.92 Å². The van der Waals surface area contributed by atoms with Crippen LogP contribution in [0.4, 0.5) is 0 Å². The van der Waals surface area contributed by atoms with Gasteiger partial charge < -0.3 is 9.88 Å². The summed E-state index contributed by atoms with van der Waals surface area (Å²) in [5.74, 6) is 0.667. The van der Waals surface area contributed by atoms with Crippen LogP contribution in [0.2, 0.25) is 0 Å². The van der Waals surface area contributed by atoms with E-state index >= 15 is 0 Å². The average Bonchev–Trinajstić information content (AvgIpc) is 2.82. The molecule has 18 heavy (non-hydrogen) atoms. The molecule has 1 amide bonds. The van der Waals surface area contributed by atoms with Crippen LogP contribution >= 0.6 is 0 Å². The van der Waals surface area contributed by atoms with Crippen LogP contribution in [-0.4, -0.2) is 28.4 Å². The van der Waals surface area contributed by atoms with Gasteiger partial charge in [0.15, 0.2) is 0 Å². The normalized spacial score (nSPS) is 27.0. The molecule has 4 heteroatoms. The van der Waals surface area contributed by atoms with Gasteiger partial charge in [-0.05, 0) is 31.2 Å². The number of carbonyl (C=O) groups excluding carboxylic acids is 1. The van der Waals surface area contributed by atoms with Crippen LogP contribution < -0.4 is 5.56 Å². The molecule has 96 valence electrons. The zero-order valence-corrected chi connectivity index (χ0v) is 10.4. The molecule has 2 aliphatic rings. The summed E-state index contributed by atoms with van der Waals surface area (Å²) < 4.78 is 0. The maximum absolute atomic E-state index is 12.4. The number of nitrogens with one attached hydrogen (secondary N) is 1. The lowest BCUT2D eigenvalue weighted by Gasteiger charge is -2.31. The van der Waals surface area contributed by atoms with E-state index in [9.17, 15) is 9.59 Å². The van der Waals surface area contributed by atoms with Crippen molar-refractivity contribution < 1.29 is 4.79 Å². The average molecular weight is 246 g/mol.